The van der Waals surface area contributed by atoms with Crippen LogP contribution in [0.4, 0.5) is 5.69 Å². The summed E-state index contributed by atoms with van der Waals surface area (Å²) in [5, 5.41) is 19.4. The van der Waals surface area contributed by atoms with Crippen molar-refractivity contribution in [2.75, 3.05) is 0 Å². The highest BCUT2D eigenvalue weighted by atomic mass is 16.6. The fraction of sp³-hybridized carbons (Fsp3) is 0.133. The number of nitro benzene ring substituents is 1. The molecule has 0 spiro atoms. The van der Waals surface area contributed by atoms with Crippen LogP contribution >= 0.6 is 0 Å². The third-order valence-corrected chi connectivity index (χ3v) is 2.85. The molecule has 0 amide bonds. The summed E-state index contributed by atoms with van der Waals surface area (Å²) in [6, 6.07) is 13.8. The fourth-order valence-corrected chi connectivity index (χ4v) is 1.76. The van der Waals surface area contributed by atoms with Crippen LogP contribution in [0.5, 0.6) is 5.75 Å². The predicted molar refractivity (Wildman–Crippen MR) is 73.3 cm³/mol. The third-order valence-electron chi connectivity index (χ3n) is 2.85. The van der Waals surface area contributed by atoms with Crippen LogP contribution in [0.1, 0.15) is 16.7 Å². The van der Waals surface area contributed by atoms with E-state index in [1.165, 1.54) is 6.07 Å². The van der Waals surface area contributed by atoms with Gasteiger partial charge in [-0.05, 0) is 36.8 Å². The Morgan fingerprint density at radius 2 is 1.95 bits per heavy atom. The Bertz CT molecular complexity index is 673. The number of nitriles is 1. The minimum atomic E-state index is -0.417. The van der Waals surface area contributed by atoms with Gasteiger partial charge in [0.15, 0.2) is 0 Å². The summed E-state index contributed by atoms with van der Waals surface area (Å²) in [5.74, 6) is 0.581. The quantitative estimate of drug-likeness (QED) is 0.629. The number of nitrogens with zero attached hydrogens (tertiary/aromatic N) is 2. The van der Waals surface area contributed by atoms with Crippen molar-refractivity contribution >= 4 is 5.69 Å². The molecule has 0 heterocycles. The molecule has 0 atom stereocenters. The number of rotatable bonds is 4. The molecular formula is C15H12N2O3. The molecule has 5 heteroatoms. The van der Waals surface area contributed by atoms with E-state index < -0.39 is 4.92 Å². The van der Waals surface area contributed by atoms with Crippen LogP contribution in [0.15, 0.2) is 42.5 Å². The maximum Gasteiger partial charge on any atom is 0.272 e. The van der Waals surface area contributed by atoms with E-state index >= 15 is 0 Å². The van der Waals surface area contributed by atoms with Crippen molar-refractivity contribution in [3.8, 4) is 11.8 Å². The molecule has 5 nitrogen and oxygen atoms in total. The molecule has 0 aliphatic rings. The van der Waals surface area contributed by atoms with E-state index in [1.807, 2.05) is 18.2 Å². The van der Waals surface area contributed by atoms with Crippen LogP contribution in [-0.4, -0.2) is 4.92 Å². The summed E-state index contributed by atoms with van der Waals surface area (Å²) < 4.78 is 5.58. The van der Waals surface area contributed by atoms with Gasteiger partial charge in [-0.3, -0.25) is 10.1 Å². The first-order valence-corrected chi connectivity index (χ1v) is 5.97. The second kappa shape index (κ2) is 5.85. The van der Waals surface area contributed by atoms with Crippen LogP contribution in [0.25, 0.3) is 0 Å². The van der Waals surface area contributed by atoms with Crippen molar-refractivity contribution in [1.29, 1.82) is 5.26 Å². The molecule has 0 unspecified atom stereocenters. The molecule has 0 radical (unpaired) electrons. The first-order chi connectivity index (χ1) is 9.60. The molecule has 0 bridgehead atoms. The van der Waals surface area contributed by atoms with Gasteiger partial charge < -0.3 is 4.74 Å². The van der Waals surface area contributed by atoms with Gasteiger partial charge in [0.25, 0.3) is 5.69 Å². The first kappa shape index (κ1) is 13.6. The highest BCUT2D eigenvalue weighted by Gasteiger charge is 2.10. The van der Waals surface area contributed by atoms with Crippen LogP contribution in [-0.2, 0) is 6.61 Å². The molecule has 2 aromatic rings. The van der Waals surface area contributed by atoms with Crippen molar-refractivity contribution in [3.63, 3.8) is 0 Å². The van der Waals surface area contributed by atoms with E-state index in [2.05, 4.69) is 0 Å². The minimum Gasteiger partial charge on any atom is -0.489 e. The van der Waals surface area contributed by atoms with Gasteiger partial charge in [0.2, 0.25) is 0 Å². The van der Waals surface area contributed by atoms with Gasteiger partial charge in [0, 0.05) is 11.6 Å². The molecule has 0 aliphatic carbocycles. The lowest BCUT2D eigenvalue weighted by molar-refractivity contribution is -0.385. The number of ether oxygens (including phenoxy) is 1. The van der Waals surface area contributed by atoms with Gasteiger partial charge >= 0.3 is 0 Å². The molecule has 100 valence electrons. The van der Waals surface area contributed by atoms with E-state index in [4.69, 9.17) is 10.00 Å². The second-order valence-corrected chi connectivity index (χ2v) is 4.30. The number of nitro groups is 1. The molecule has 0 saturated carbocycles. The van der Waals surface area contributed by atoms with Crippen LogP contribution in [0, 0.1) is 28.4 Å². The molecule has 0 N–H and O–H groups in total. The van der Waals surface area contributed by atoms with Crippen LogP contribution < -0.4 is 4.74 Å². The summed E-state index contributed by atoms with van der Waals surface area (Å²) in [6.07, 6.45) is 0. The number of hydrogen-bond acceptors (Lipinski definition) is 4. The Kier molecular flexibility index (Phi) is 3.96. The minimum absolute atomic E-state index is 0.0794. The van der Waals surface area contributed by atoms with Crippen molar-refractivity contribution < 1.29 is 9.66 Å². The van der Waals surface area contributed by atoms with Crippen molar-refractivity contribution in [3.05, 3.63) is 69.3 Å². The van der Waals surface area contributed by atoms with Crippen LogP contribution in [0.2, 0.25) is 0 Å². The Balaban J connectivity index is 2.05. The van der Waals surface area contributed by atoms with Gasteiger partial charge in [0.05, 0.1) is 16.6 Å². The zero-order chi connectivity index (χ0) is 14.5. The monoisotopic (exact) mass is 268 g/mol. The van der Waals surface area contributed by atoms with Gasteiger partial charge in [-0.1, -0.05) is 12.1 Å². The summed E-state index contributed by atoms with van der Waals surface area (Å²) >= 11 is 0. The third kappa shape index (κ3) is 3.12. The van der Waals surface area contributed by atoms with E-state index in [9.17, 15) is 10.1 Å². The lowest BCUT2D eigenvalue weighted by Gasteiger charge is -2.07. The predicted octanol–water partition coefficient (Wildman–Crippen LogP) is 3.35. The topological polar surface area (TPSA) is 76.2 Å². The van der Waals surface area contributed by atoms with Gasteiger partial charge in [-0.25, -0.2) is 0 Å². The van der Waals surface area contributed by atoms with Crippen molar-refractivity contribution in [2.24, 2.45) is 0 Å². The van der Waals surface area contributed by atoms with Gasteiger partial charge in [0.1, 0.15) is 12.4 Å². The van der Waals surface area contributed by atoms with Crippen molar-refractivity contribution in [2.45, 2.75) is 13.5 Å². The fourth-order valence-electron chi connectivity index (χ4n) is 1.76. The molecule has 0 fully saturated rings. The standard InChI is InChI=1S/C15H12N2O3/c1-11-8-14(6-7-15(11)17(18)19)20-10-13-4-2-12(9-16)3-5-13/h2-8H,10H2,1H3. The smallest absolute Gasteiger partial charge is 0.272 e. The van der Waals surface area contributed by atoms with E-state index in [0.717, 1.165) is 5.56 Å². The Labute approximate surface area is 116 Å². The summed E-state index contributed by atoms with van der Waals surface area (Å²) in [5.41, 5.74) is 2.17. The molecule has 2 rings (SSSR count). The van der Waals surface area contributed by atoms with Crippen LogP contribution in [0.3, 0.4) is 0 Å². The second-order valence-electron chi connectivity index (χ2n) is 4.30. The highest BCUT2D eigenvalue weighted by molar-refractivity contribution is 5.44. The molecular weight excluding hydrogens is 256 g/mol. The number of hydrogen-bond donors (Lipinski definition) is 0. The van der Waals surface area contributed by atoms with Crippen molar-refractivity contribution in [1.82, 2.24) is 0 Å². The molecule has 0 saturated heterocycles. The SMILES string of the molecule is Cc1cc(OCc2ccc(C#N)cc2)ccc1[N+](=O)[O-]. The maximum atomic E-state index is 10.7. The molecule has 0 aromatic heterocycles. The van der Waals surface area contributed by atoms with E-state index in [1.54, 1.807) is 31.2 Å². The highest BCUT2D eigenvalue weighted by Crippen LogP contribution is 2.23. The Morgan fingerprint density at radius 1 is 1.25 bits per heavy atom. The summed E-state index contributed by atoms with van der Waals surface area (Å²) in [4.78, 5) is 10.3. The molecule has 2 aromatic carbocycles. The zero-order valence-electron chi connectivity index (χ0n) is 10.9. The van der Waals surface area contributed by atoms with Gasteiger partial charge in [-0.15, -0.1) is 0 Å². The Morgan fingerprint density at radius 3 is 2.50 bits per heavy atom. The first-order valence-electron chi connectivity index (χ1n) is 5.97. The summed E-state index contributed by atoms with van der Waals surface area (Å²) in [7, 11) is 0. The van der Waals surface area contributed by atoms with E-state index in [-0.39, 0.29) is 5.69 Å². The number of aryl methyl sites for hydroxylation is 1. The maximum absolute atomic E-state index is 10.7. The largest absolute Gasteiger partial charge is 0.489 e. The lowest BCUT2D eigenvalue weighted by Crippen LogP contribution is -1.97. The van der Waals surface area contributed by atoms with Gasteiger partial charge in [-0.2, -0.15) is 5.26 Å². The average molecular weight is 268 g/mol. The molecule has 0 aliphatic heterocycles. The Hall–Kier alpha value is -2.87. The lowest BCUT2D eigenvalue weighted by atomic mass is 10.1. The number of benzene rings is 2. The molecule has 20 heavy (non-hydrogen) atoms. The van der Waals surface area contributed by atoms with E-state index in [0.29, 0.717) is 23.5 Å². The normalized spacial score (nSPS) is 9.80. The zero-order valence-corrected chi connectivity index (χ0v) is 10.9. The average Bonchev–Trinajstić information content (AvgIpc) is 2.45. The summed E-state index contributed by atoms with van der Waals surface area (Å²) in [6.45, 7) is 2.02.